The maximum absolute atomic E-state index is 12.2. The van der Waals surface area contributed by atoms with Crippen LogP contribution >= 0.6 is 0 Å². The zero-order chi connectivity index (χ0) is 13.3. The van der Waals surface area contributed by atoms with E-state index in [1.807, 2.05) is 30.3 Å². The second kappa shape index (κ2) is 4.75. The SMILES string of the molecule is O=S(=O)(Cc1ccccc1)N1CC(n2ccnn2)C1. The molecule has 0 bridgehead atoms. The molecule has 0 unspecified atom stereocenters. The predicted octanol–water partition coefficient (Wildman–Crippen LogP) is 0.665. The summed E-state index contributed by atoms with van der Waals surface area (Å²) in [5.74, 6) is 0.0535. The van der Waals surface area contributed by atoms with Crippen molar-refractivity contribution in [2.45, 2.75) is 11.8 Å². The summed E-state index contributed by atoms with van der Waals surface area (Å²) < 4.78 is 27.6. The lowest BCUT2D eigenvalue weighted by Gasteiger charge is -2.37. The Morgan fingerprint density at radius 2 is 1.95 bits per heavy atom. The molecule has 0 N–H and O–H groups in total. The average molecular weight is 278 g/mol. The van der Waals surface area contributed by atoms with Gasteiger partial charge in [-0.05, 0) is 5.56 Å². The molecule has 0 atom stereocenters. The molecule has 0 saturated carbocycles. The topological polar surface area (TPSA) is 68.1 Å². The molecule has 0 radical (unpaired) electrons. The molecule has 0 spiro atoms. The van der Waals surface area contributed by atoms with E-state index in [0.717, 1.165) is 5.56 Å². The molecule has 2 aromatic rings. The van der Waals surface area contributed by atoms with E-state index in [4.69, 9.17) is 0 Å². The van der Waals surface area contributed by atoms with Crippen molar-refractivity contribution in [3.8, 4) is 0 Å². The van der Waals surface area contributed by atoms with Crippen LogP contribution in [-0.4, -0.2) is 40.8 Å². The third-order valence-corrected chi connectivity index (χ3v) is 5.01. The fraction of sp³-hybridized carbons (Fsp3) is 0.333. The number of aromatic nitrogens is 3. The van der Waals surface area contributed by atoms with E-state index in [1.54, 1.807) is 17.1 Å². The van der Waals surface area contributed by atoms with Crippen LogP contribution < -0.4 is 0 Å². The number of sulfonamides is 1. The van der Waals surface area contributed by atoms with Crippen LogP contribution in [0.15, 0.2) is 42.7 Å². The Kier molecular flexibility index (Phi) is 3.08. The van der Waals surface area contributed by atoms with Crippen LogP contribution in [0.1, 0.15) is 11.6 Å². The molecule has 1 aromatic carbocycles. The van der Waals surface area contributed by atoms with Gasteiger partial charge in [0.05, 0.1) is 18.0 Å². The van der Waals surface area contributed by atoms with Crippen molar-refractivity contribution in [3.63, 3.8) is 0 Å². The summed E-state index contributed by atoms with van der Waals surface area (Å²) in [6.45, 7) is 0.942. The molecule has 1 aliphatic heterocycles. The maximum atomic E-state index is 12.2. The third kappa shape index (κ3) is 2.52. The maximum Gasteiger partial charge on any atom is 0.218 e. The summed E-state index contributed by atoms with van der Waals surface area (Å²) in [6, 6.07) is 9.32. The molecule has 3 rings (SSSR count). The first-order chi connectivity index (χ1) is 9.15. The lowest BCUT2D eigenvalue weighted by atomic mass is 10.2. The first-order valence-electron chi connectivity index (χ1n) is 6.03. The molecule has 1 fully saturated rings. The average Bonchev–Trinajstić information content (AvgIpc) is 2.80. The van der Waals surface area contributed by atoms with E-state index in [2.05, 4.69) is 10.3 Å². The fourth-order valence-corrected chi connectivity index (χ4v) is 3.69. The highest BCUT2D eigenvalue weighted by atomic mass is 32.2. The third-order valence-electron chi connectivity index (χ3n) is 3.23. The molecule has 100 valence electrons. The Labute approximate surface area is 111 Å². The van der Waals surface area contributed by atoms with Crippen molar-refractivity contribution in [1.29, 1.82) is 0 Å². The highest BCUT2D eigenvalue weighted by Crippen LogP contribution is 2.25. The zero-order valence-electron chi connectivity index (χ0n) is 10.3. The molecule has 6 nitrogen and oxygen atoms in total. The number of benzene rings is 1. The summed E-state index contributed by atoms with van der Waals surface area (Å²) >= 11 is 0. The molecular formula is C12H14N4O2S. The van der Waals surface area contributed by atoms with Gasteiger partial charge in [0.2, 0.25) is 10.0 Å². The Balaban J connectivity index is 1.64. The normalized spacial score (nSPS) is 17.3. The number of rotatable bonds is 4. The van der Waals surface area contributed by atoms with Gasteiger partial charge in [-0.2, -0.15) is 4.31 Å². The van der Waals surface area contributed by atoms with E-state index >= 15 is 0 Å². The molecular weight excluding hydrogens is 264 g/mol. The summed E-state index contributed by atoms with van der Waals surface area (Å²) in [5, 5.41) is 7.61. The van der Waals surface area contributed by atoms with Crippen molar-refractivity contribution in [3.05, 3.63) is 48.3 Å². The Hall–Kier alpha value is -1.73. The van der Waals surface area contributed by atoms with Gasteiger partial charge >= 0.3 is 0 Å². The van der Waals surface area contributed by atoms with Crippen LogP contribution in [-0.2, 0) is 15.8 Å². The summed E-state index contributed by atoms with van der Waals surface area (Å²) in [4.78, 5) is 0. The molecule has 0 aliphatic carbocycles. The van der Waals surface area contributed by atoms with Gasteiger partial charge < -0.3 is 0 Å². The van der Waals surface area contributed by atoms with Gasteiger partial charge in [-0.25, -0.2) is 13.1 Å². The quantitative estimate of drug-likeness (QED) is 0.824. The summed E-state index contributed by atoms with van der Waals surface area (Å²) in [5.41, 5.74) is 0.812. The van der Waals surface area contributed by atoms with Crippen LogP contribution in [0.4, 0.5) is 0 Å². The van der Waals surface area contributed by atoms with E-state index in [0.29, 0.717) is 13.1 Å². The van der Waals surface area contributed by atoms with Gasteiger partial charge in [0.25, 0.3) is 0 Å². The van der Waals surface area contributed by atoms with E-state index in [9.17, 15) is 8.42 Å². The van der Waals surface area contributed by atoms with Gasteiger partial charge in [0.15, 0.2) is 0 Å². The highest BCUT2D eigenvalue weighted by molar-refractivity contribution is 7.88. The summed E-state index contributed by atoms with van der Waals surface area (Å²) in [7, 11) is -3.23. The summed E-state index contributed by atoms with van der Waals surface area (Å²) in [6.07, 6.45) is 3.35. The smallest absolute Gasteiger partial charge is 0.218 e. The van der Waals surface area contributed by atoms with Gasteiger partial charge in [0, 0.05) is 19.3 Å². The minimum atomic E-state index is -3.23. The van der Waals surface area contributed by atoms with Gasteiger partial charge in [-0.15, -0.1) is 5.10 Å². The van der Waals surface area contributed by atoms with Crippen molar-refractivity contribution >= 4 is 10.0 Å². The van der Waals surface area contributed by atoms with Crippen LogP contribution in [0.5, 0.6) is 0 Å². The van der Waals surface area contributed by atoms with Crippen molar-refractivity contribution in [2.24, 2.45) is 0 Å². The number of hydrogen-bond donors (Lipinski definition) is 0. The Morgan fingerprint density at radius 1 is 1.21 bits per heavy atom. The standard InChI is InChI=1S/C12H14N4O2S/c17-19(18,10-11-4-2-1-3-5-11)15-8-12(9-15)16-7-6-13-14-16/h1-7,12H,8-10H2. The molecule has 1 aliphatic rings. The molecule has 2 heterocycles. The van der Waals surface area contributed by atoms with Crippen LogP contribution in [0.3, 0.4) is 0 Å². The first kappa shape index (κ1) is 12.3. The minimum Gasteiger partial charge on any atom is -0.247 e. The van der Waals surface area contributed by atoms with E-state index in [-0.39, 0.29) is 11.8 Å². The highest BCUT2D eigenvalue weighted by Gasteiger charge is 2.37. The lowest BCUT2D eigenvalue weighted by molar-refractivity contribution is 0.188. The minimum absolute atomic E-state index is 0.0535. The van der Waals surface area contributed by atoms with Crippen molar-refractivity contribution < 1.29 is 8.42 Å². The number of nitrogens with zero attached hydrogens (tertiary/aromatic N) is 4. The zero-order valence-corrected chi connectivity index (χ0v) is 11.1. The van der Waals surface area contributed by atoms with Gasteiger partial charge in [0.1, 0.15) is 0 Å². The number of hydrogen-bond acceptors (Lipinski definition) is 4. The molecule has 1 saturated heterocycles. The fourth-order valence-electron chi connectivity index (χ4n) is 2.10. The molecule has 7 heteroatoms. The Bertz CT molecular complexity index is 634. The van der Waals surface area contributed by atoms with Crippen LogP contribution in [0.2, 0.25) is 0 Å². The van der Waals surface area contributed by atoms with E-state index in [1.165, 1.54) is 4.31 Å². The second-order valence-electron chi connectivity index (χ2n) is 4.60. The largest absolute Gasteiger partial charge is 0.247 e. The lowest BCUT2D eigenvalue weighted by Crippen LogP contribution is -2.51. The molecule has 1 aromatic heterocycles. The first-order valence-corrected chi connectivity index (χ1v) is 7.63. The van der Waals surface area contributed by atoms with Crippen molar-refractivity contribution in [2.75, 3.05) is 13.1 Å². The van der Waals surface area contributed by atoms with Crippen molar-refractivity contribution in [1.82, 2.24) is 19.3 Å². The second-order valence-corrected chi connectivity index (χ2v) is 6.56. The van der Waals surface area contributed by atoms with Gasteiger partial charge in [-0.3, -0.25) is 0 Å². The monoisotopic (exact) mass is 278 g/mol. The van der Waals surface area contributed by atoms with Crippen LogP contribution in [0, 0.1) is 0 Å². The van der Waals surface area contributed by atoms with Gasteiger partial charge in [-0.1, -0.05) is 35.5 Å². The molecule has 0 amide bonds. The molecule has 19 heavy (non-hydrogen) atoms. The van der Waals surface area contributed by atoms with Crippen LogP contribution in [0.25, 0.3) is 0 Å². The predicted molar refractivity (Wildman–Crippen MR) is 69.7 cm³/mol. The van der Waals surface area contributed by atoms with E-state index < -0.39 is 10.0 Å². The Morgan fingerprint density at radius 3 is 2.58 bits per heavy atom.